The van der Waals surface area contributed by atoms with E-state index < -0.39 is 9.84 Å². The molecule has 0 aliphatic heterocycles. The predicted octanol–water partition coefficient (Wildman–Crippen LogP) is 3.18. The van der Waals surface area contributed by atoms with Crippen LogP contribution in [0.3, 0.4) is 0 Å². The van der Waals surface area contributed by atoms with Crippen molar-refractivity contribution < 1.29 is 12.8 Å². The summed E-state index contributed by atoms with van der Waals surface area (Å²) >= 11 is 0. The zero-order valence-electron chi connectivity index (χ0n) is 11.2. The van der Waals surface area contributed by atoms with Gasteiger partial charge in [-0.15, -0.1) is 0 Å². The van der Waals surface area contributed by atoms with E-state index in [0.717, 1.165) is 6.26 Å². The minimum Gasteiger partial charge on any atom is -0.224 e. The first-order chi connectivity index (χ1) is 9.91. The van der Waals surface area contributed by atoms with Gasteiger partial charge in [-0.2, -0.15) is 5.26 Å². The van der Waals surface area contributed by atoms with Crippen molar-refractivity contribution in [1.82, 2.24) is 0 Å². The molecule has 0 atom stereocenters. The van der Waals surface area contributed by atoms with Gasteiger partial charge in [0, 0.05) is 12.3 Å². The van der Waals surface area contributed by atoms with Crippen molar-refractivity contribution in [2.24, 2.45) is 0 Å². The van der Waals surface area contributed by atoms with E-state index in [-0.39, 0.29) is 10.7 Å². The quantitative estimate of drug-likeness (QED) is 0.818. The highest BCUT2D eigenvalue weighted by Gasteiger charge is 2.11. The molecule has 0 saturated carbocycles. The molecule has 0 saturated heterocycles. The summed E-state index contributed by atoms with van der Waals surface area (Å²) in [5.74, 6) is -0.375. The van der Waals surface area contributed by atoms with Gasteiger partial charge < -0.3 is 0 Å². The Morgan fingerprint density at radius 1 is 1.14 bits per heavy atom. The molecule has 0 unspecified atom stereocenters. The summed E-state index contributed by atoms with van der Waals surface area (Å²) in [4.78, 5) is 0.172. The van der Waals surface area contributed by atoms with Gasteiger partial charge >= 0.3 is 0 Å². The number of sulfone groups is 1. The zero-order valence-corrected chi connectivity index (χ0v) is 12.1. The Morgan fingerprint density at radius 2 is 1.81 bits per heavy atom. The number of nitrogens with zero attached hydrogens (tertiary/aromatic N) is 1. The highest BCUT2D eigenvalue weighted by molar-refractivity contribution is 7.90. The molecular weight excluding hydrogens is 289 g/mol. The predicted molar refractivity (Wildman–Crippen MR) is 78.6 cm³/mol. The van der Waals surface area contributed by atoms with Crippen LogP contribution in [0.1, 0.15) is 11.1 Å². The van der Waals surface area contributed by atoms with Crippen molar-refractivity contribution >= 4 is 15.4 Å². The minimum atomic E-state index is -3.33. The van der Waals surface area contributed by atoms with Gasteiger partial charge in [0.15, 0.2) is 9.84 Å². The molecule has 0 N–H and O–H groups in total. The van der Waals surface area contributed by atoms with E-state index in [1.165, 1.54) is 30.3 Å². The molecule has 0 aliphatic rings. The van der Waals surface area contributed by atoms with Crippen molar-refractivity contribution in [1.29, 1.82) is 5.26 Å². The third kappa shape index (κ3) is 3.56. The van der Waals surface area contributed by atoms with Crippen LogP contribution < -0.4 is 0 Å². The SMILES string of the molecule is CS(=O)(=O)c1cccc(/C(=C/C#N)c2ccc(F)cc2)c1. The van der Waals surface area contributed by atoms with Gasteiger partial charge in [-0.05, 0) is 41.0 Å². The minimum absolute atomic E-state index is 0.172. The monoisotopic (exact) mass is 301 g/mol. The summed E-state index contributed by atoms with van der Waals surface area (Å²) in [6.45, 7) is 0. The van der Waals surface area contributed by atoms with Crippen LogP contribution >= 0.6 is 0 Å². The molecule has 0 amide bonds. The second kappa shape index (κ2) is 5.90. The van der Waals surface area contributed by atoms with Crippen LogP contribution in [0.2, 0.25) is 0 Å². The summed E-state index contributed by atoms with van der Waals surface area (Å²) in [6, 6.07) is 13.9. The van der Waals surface area contributed by atoms with E-state index in [1.54, 1.807) is 24.3 Å². The number of hydrogen-bond acceptors (Lipinski definition) is 3. The molecule has 0 radical (unpaired) electrons. The van der Waals surface area contributed by atoms with Crippen molar-refractivity contribution in [2.45, 2.75) is 4.90 Å². The highest BCUT2D eigenvalue weighted by Crippen LogP contribution is 2.25. The molecule has 0 aromatic heterocycles. The van der Waals surface area contributed by atoms with Crippen LogP contribution in [0.5, 0.6) is 0 Å². The Balaban J connectivity index is 2.58. The summed E-state index contributed by atoms with van der Waals surface area (Å²) < 4.78 is 36.2. The number of rotatable bonds is 3. The molecule has 5 heteroatoms. The average Bonchev–Trinajstić information content (AvgIpc) is 2.45. The Labute approximate surface area is 122 Å². The van der Waals surface area contributed by atoms with Crippen LogP contribution in [-0.4, -0.2) is 14.7 Å². The molecule has 0 spiro atoms. The average molecular weight is 301 g/mol. The lowest BCUT2D eigenvalue weighted by Gasteiger charge is -2.08. The first kappa shape index (κ1) is 14.9. The maximum absolute atomic E-state index is 13.0. The molecule has 2 aromatic rings. The van der Waals surface area contributed by atoms with E-state index in [2.05, 4.69) is 0 Å². The van der Waals surface area contributed by atoms with Gasteiger partial charge in [0.2, 0.25) is 0 Å². The first-order valence-electron chi connectivity index (χ1n) is 6.08. The van der Waals surface area contributed by atoms with Crippen LogP contribution in [0.25, 0.3) is 5.57 Å². The summed E-state index contributed by atoms with van der Waals surface area (Å²) in [6.07, 6.45) is 2.44. The molecule has 2 rings (SSSR count). The maximum Gasteiger partial charge on any atom is 0.175 e. The van der Waals surface area contributed by atoms with Gasteiger partial charge in [-0.25, -0.2) is 12.8 Å². The fraction of sp³-hybridized carbons (Fsp3) is 0.0625. The zero-order chi connectivity index (χ0) is 15.5. The number of benzene rings is 2. The van der Waals surface area contributed by atoms with Gasteiger partial charge in [-0.1, -0.05) is 24.3 Å². The van der Waals surface area contributed by atoms with E-state index in [9.17, 15) is 12.8 Å². The van der Waals surface area contributed by atoms with Crippen LogP contribution in [0.15, 0.2) is 59.5 Å². The lowest BCUT2D eigenvalue weighted by molar-refractivity contribution is 0.602. The van der Waals surface area contributed by atoms with Gasteiger partial charge in [-0.3, -0.25) is 0 Å². The normalized spacial score (nSPS) is 12.0. The summed E-state index contributed by atoms with van der Waals surface area (Å²) in [7, 11) is -3.33. The lowest BCUT2D eigenvalue weighted by Crippen LogP contribution is -1.98. The fourth-order valence-corrected chi connectivity index (χ4v) is 2.59. The third-order valence-electron chi connectivity index (χ3n) is 2.94. The molecule has 0 fully saturated rings. The van der Waals surface area contributed by atoms with Crippen molar-refractivity contribution in [2.75, 3.05) is 6.26 Å². The topological polar surface area (TPSA) is 57.9 Å². The molecular formula is C16H12FNO2S. The van der Waals surface area contributed by atoms with Gasteiger partial charge in [0.25, 0.3) is 0 Å². The van der Waals surface area contributed by atoms with Crippen molar-refractivity contribution in [3.63, 3.8) is 0 Å². The molecule has 0 aliphatic carbocycles. The molecule has 2 aromatic carbocycles. The second-order valence-corrected chi connectivity index (χ2v) is 6.51. The van der Waals surface area contributed by atoms with Gasteiger partial charge in [0.05, 0.1) is 11.0 Å². The number of halogens is 1. The smallest absolute Gasteiger partial charge is 0.175 e. The Morgan fingerprint density at radius 3 is 2.38 bits per heavy atom. The van der Waals surface area contributed by atoms with E-state index in [0.29, 0.717) is 16.7 Å². The Kier molecular flexibility index (Phi) is 4.20. The highest BCUT2D eigenvalue weighted by atomic mass is 32.2. The Bertz CT molecular complexity index is 831. The molecule has 106 valence electrons. The first-order valence-corrected chi connectivity index (χ1v) is 7.97. The van der Waals surface area contributed by atoms with E-state index >= 15 is 0 Å². The van der Waals surface area contributed by atoms with Crippen LogP contribution in [0.4, 0.5) is 4.39 Å². The summed E-state index contributed by atoms with van der Waals surface area (Å²) in [5.41, 5.74) is 1.78. The summed E-state index contributed by atoms with van der Waals surface area (Å²) in [5, 5.41) is 8.92. The Hall–Kier alpha value is -2.45. The standard InChI is InChI=1S/C16H12FNO2S/c1-21(19,20)15-4-2-3-13(11-15)16(9-10-18)12-5-7-14(17)8-6-12/h2-9,11H,1H3/b16-9+. The molecule has 0 bridgehead atoms. The largest absolute Gasteiger partial charge is 0.224 e. The number of allylic oxidation sites excluding steroid dienone is 1. The van der Waals surface area contributed by atoms with Crippen LogP contribution in [0, 0.1) is 17.1 Å². The van der Waals surface area contributed by atoms with Crippen molar-refractivity contribution in [3.05, 3.63) is 71.6 Å². The van der Waals surface area contributed by atoms with Crippen molar-refractivity contribution in [3.8, 4) is 6.07 Å². The van der Waals surface area contributed by atoms with E-state index in [4.69, 9.17) is 5.26 Å². The maximum atomic E-state index is 13.0. The third-order valence-corrected chi connectivity index (χ3v) is 4.05. The molecule has 21 heavy (non-hydrogen) atoms. The van der Waals surface area contributed by atoms with Gasteiger partial charge in [0.1, 0.15) is 5.82 Å². The van der Waals surface area contributed by atoms with Crippen LogP contribution in [-0.2, 0) is 9.84 Å². The fourth-order valence-electron chi connectivity index (χ4n) is 1.92. The molecule has 0 heterocycles. The second-order valence-electron chi connectivity index (χ2n) is 4.49. The number of nitriles is 1. The number of hydrogen-bond donors (Lipinski definition) is 0. The van der Waals surface area contributed by atoms with E-state index in [1.807, 2.05) is 6.07 Å². The lowest BCUT2D eigenvalue weighted by atomic mass is 9.98. The molecule has 3 nitrogen and oxygen atoms in total.